The maximum absolute atomic E-state index is 10.9. The highest BCUT2D eigenvalue weighted by molar-refractivity contribution is 9.10. The van der Waals surface area contributed by atoms with E-state index in [1.54, 1.807) is 0 Å². The highest BCUT2D eigenvalue weighted by atomic mass is 79.9. The second kappa shape index (κ2) is 4.88. The van der Waals surface area contributed by atoms with Crippen molar-refractivity contribution in [3.63, 3.8) is 0 Å². The Balaban J connectivity index is 2.27. The highest BCUT2D eigenvalue weighted by Gasteiger charge is 2.21. The van der Waals surface area contributed by atoms with E-state index in [4.69, 9.17) is 9.84 Å². The van der Waals surface area contributed by atoms with E-state index in [0.717, 1.165) is 12.8 Å². The molecule has 0 atom stereocenters. The van der Waals surface area contributed by atoms with Crippen molar-refractivity contribution in [1.82, 2.24) is 9.97 Å². The lowest BCUT2D eigenvalue weighted by Gasteiger charge is -2.20. The van der Waals surface area contributed by atoms with Gasteiger partial charge in [0.05, 0.1) is 4.47 Å². The van der Waals surface area contributed by atoms with Crippen LogP contribution in [0.3, 0.4) is 0 Å². The number of carbonyl (C=O) groups is 1. The van der Waals surface area contributed by atoms with Crippen molar-refractivity contribution >= 4 is 21.9 Å². The van der Waals surface area contributed by atoms with Gasteiger partial charge < -0.3 is 9.84 Å². The zero-order valence-electron chi connectivity index (χ0n) is 8.52. The lowest BCUT2D eigenvalue weighted by molar-refractivity contribution is 0.0687. The molecule has 1 aliphatic rings. The van der Waals surface area contributed by atoms with Crippen LogP contribution in [0.4, 0.5) is 0 Å². The Labute approximate surface area is 101 Å². The van der Waals surface area contributed by atoms with Gasteiger partial charge in [0.25, 0.3) is 0 Å². The zero-order valence-corrected chi connectivity index (χ0v) is 10.1. The van der Waals surface area contributed by atoms with Crippen LogP contribution >= 0.6 is 15.9 Å². The zero-order chi connectivity index (χ0) is 11.5. The maximum atomic E-state index is 10.9. The second-order valence-corrected chi connectivity index (χ2v) is 4.47. The highest BCUT2D eigenvalue weighted by Crippen LogP contribution is 2.25. The minimum Gasteiger partial charge on any atom is -0.476 e. The number of ether oxygens (including phenoxy) is 1. The van der Waals surface area contributed by atoms with E-state index in [0.29, 0.717) is 23.5 Å². The summed E-state index contributed by atoms with van der Waals surface area (Å²) in [5.41, 5.74) is 0.0245. The fourth-order valence-electron chi connectivity index (χ4n) is 1.68. The van der Waals surface area contributed by atoms with Gasteiger partial charge in [0.1, 0.15) is 5.82 Å². The minimum atomic E-state index is -1.04. The van der Waals surface area contributed by atoms with Gasteiger partial charge in [-0.25, -0.2) is 14.8 Å². The van der Waals surface area contributed by atoms with Crippen LogP contribution in [0.15, 0.2) is 10.7 Å². The van der Waals surface area contributed by atoms with E-state index in [1.165, 1.54) is 6.20 Å². The summed E-state index contributed by atoms with van der Waals surface area (Å²) in [5, 5.41) is 8.94. The molecule has 0 saturated carbocycles. The van der Waals surface area contributed by atoms with Crippen LogP contribution in [-0.2, 0) is 4.74 Å². The monoisotopic (exact) mass is 286 g/mol. The SMILES string of the molecule is O=C(O)c1nc(C2CCOCC2)ncc1Br. The Kier molecular flexibility index (Phi) is 3.50. The van der Waals surface area contributed by atoms with Crippen molar-refractivity contribution in [2.75, 3.05) is 13.2 Å². The van der Waals surface area contributed by atoms with Gasteiger partial charge in [-0.15, -0.1) is 0 Å². The van der Waals surface area contributed by atoms with Gasteiger partial charge in [-0.05, 0) is 28.8 Å². The fourth-order valence-corrected chi connectivity index (χ4v) is 2.04. The molecule has 1 aliphatic heterocycles. The van der Waals surface area contributed by atoms with Gasteiger partial charge in [0.2, 0.25) is 0 Å². The molecule has 16 heavy (non-hydrogen) atoms. The number of aromatic nitrogens is 2. The van der Waals surface area contributed by atoms with E-state index in [9.17, 15) is 4.79 Å². The van der Waals surface area contributed by atoms with E-state index in [-0.39, 0.29) is 11.6 Å². The Morgan fingerprint density at radius 2 is 2.19 bits per heavy atom. The lowest BCUT2D eigenvalue weighted by atomic mass is 9.99. The molecule has 6 heteroatoms. The van der Waals surface area contributed by atoms with Crippen molar-refractivity contribution in [2.24, 2.45) is 0 Å². The number of hydrogen-bond donors (Lipinski definition) is 1. The standard InChI is InChI=1S/C10H11BrN2O3/c11-7-5-12-9(13-8(7)10(14)15)6-1-3-16-4-2-6/h5-6H,1-4H2,(H,14,15). The van der Waals surface area contributed by atoms with Crippen LogP contribution in [0.2, 0.25) is 0 Å². The summed E-state index contributed by atoms with van der Waals surface area (Å²) in [5.74, 6) is -0.230. The Morgan fingerprint density at radius 1 is 1.50 bits per heavy atom. The molecule has 0 radical (unpaired) electrons. The molecule has 86 valence electrons. The molecule has 1 saturated heterocycles. The molecule has 0 amide bonds. The van der Waals surface area contributed by atoms with Gasteiger partial charge in [-0.2, -0.15) is 0 Å². The Bertz CT molecular complexity index is 405. The molecule has 2 rings (SSSR count). The van der Waals surface area contributed by atoms with Crippen LogP contribution < -0.4 is 0 Å². The minimum absolute atomic E-state index is 0.0245. The molecule has 0 unspecified atom stereocenters. The molecule has 0 spiro atoms. The average Bonchev–Trinajstić information content (AvgIpc) is 2.30. The summed E-state index contributed by atoms with van der Waals surface area (Å²) in [6.45, 7) is 1.37. The number of carboxylic acid groups (broad SMARTS) is 1. The summed E-state index contributed by atoms with van der Waals surface area (Å²) < 4.78 is 5.65. The normalized spacial score (nSPS) is 17.3. The van der Waals surface area contributed by atoms with Crippen LogP contribution in [0, 0.1) is 0 Å². The third kappa shape index (κ3) is 2.38. The molecular formula is C10H11BrN2O3. The smallest absolute Gasteiger partial charge is 0.355 e. The third-order valence-electron chi connectivity index (χ3n) is 2.55. The number of halogens is 1. The number of carboxylic acids is 1. The average molecular weight is 287 g/mol. The summed E-state index contributed by atoms with van der Waals surface area (Å²) in [7, 11) is 0. The van der Waals surface area contributed by atoms with Crippen LogP contribution in [0.5, 0.6) is 0 Å². The molecule has 1 aromatic rings. The van der Waals surface area contributed by atoms with Gasteiger partial charge in [0, 0.05) is 25.3 Å². The molecule has 1 fully saturated rings. The van der Waals surface area contributed by atoms with E-state index in [2.05, 4.69) is 25.9 Å². The summed E-state index contributed by atoms with van der Waals surface area (Å²) in [4.78, 5) is 19.2. The van der Waals surface area contributed by atoms with E-state index >= 15 is 0 Å². The van der Waals surface area contributed by atoms with E-state index < -0.39 is 5.97 Å². The van der Waals surface area contributed by atoms with Crippen molar-refractivity contribution in [3.8, 4) is 0 Å². The van der Waals surface area contributed by atoms with Gasteiger partial charge in [0.15, 0.2) is 5.69 Å². The molecular weight excluding hydrogens is 276 g/mol. The topological polar surface area (TPSA) is 72.3 Å². The second-order valence-electron chi connectivity index (χ2n) is 3.62. The first-order chi connectivity index (χ1) is 7.68. The Morgan fingerprint density at radius 3 is 2.81 bits per heavy atom. The van der Waals surface area contributed by atoms with Gasteiger partial charge >= 0.3 is 5.97 Å². The summed E-state index contributed by atoms with van der Waals surface area (Å²) >= 11 is 3.12. The molecule has 0 bridgehead atoms. The molecule has 0 aromatic carbocycles. The first kappa shape index (κ1) is 11.5. The molecule has 5 nitrogen and oxygen atoms in total. The van der Waals surface area contributed by atoms with Crippen molar-refractivity contribution in [3.05, 3.63) is 22.2 Å². The summed E-state index contributed by atoms with van der Waals surface area (Å²) in [6.07, 6.45) is 3.20. The molecule has 1 aromatic heterocycles. The van der Waals surface area contributed by atoms with Crippen molar-refractivity contribution in [1.29, 1.82) is 0 Å². The Hall–Kier alpha value is -1.01. The van der Waals surface area contributed by atoms with Crippen LogP contribution in [-0.4, -0.2) is 34.3 Å². The number of aromatic carboxylic acids is 1. The van der Waals surface area contributed by atoms with Crippen LogP contribution in [0.1, 0.15) is 35.1 Å². The lowest BCUT2D eigenvalue weighted by Crippen LogP contribution is -2.17. The predicted octanol–water partition coefficient (Wildman–Crippen LogP) is 1.83. The predicted molar refractivity (Wildman–Crippen MR) is 59.5 cm³/mol. The maximum Gasteiger partial charge on any atom is 0.355 e. The number of rotatable bonds is 2. The van der Waals surface area contributed by atoms with Crippen LogP contribution in [0.25, 0.3) is 0 Å². The van der Waals surface area contributed by atoms with E-state index in [1.807, 2.05) is 0 Å². The fraction of sp³-hybridized carbons (Fsp3) is 0.500. The molecule has 0 aliphatic carbocycles. The van der Waals surface area contributed by atoms with Gasteiger partial charge in [-0.3, -0.25) is 0 Å². The van der Waals surface area contributed by atoms with Crippen molar-refractivity contribution < 1.29 is 14.6 Å². The quantitative estimate of drug-likeness (QED) is 0.898. The molecule has 1 N–H and O–H groups in total. The van der Waals surface area contributed by atoms with Crippen molar-refractivity contribution in [2.45, 2.75) is 18.8 Å². The van der Waals surface area contributed by atoms with Gasteiger partial charge in [-0.1, -0.05) is 0 Å². The first-order valence-electron chi connectivity index (χ1n) is 5.02. The third-order valence-corrected chi connectivity index (χ3v) is 3.13. The molecule has 2 heterocycles. The largest absolute Gasteiger partial charge is 0.476 e. The number of hydrogen-bond acceptors (Lipinski definition) is 4. The first-order valence-corrected chi connectivity index (χ1v) is 5.81. The summed E-state index contributed by atoms with van der Waals surface area (Å²) in [6, 6.07) is 0. The number of nitrogens with zero attached hydrogens (tertiary/aromatic N) is 2.